The summed E-state index contributed by atoms with van der Waals surface area (Å²) in [6, 6.07) is 5.89. The first-order valence-corrected chi connectivity index (χ1v) is 5.57. The Balaban J connectivity index is 0.00000289. The van der Waals surface area contributed by atoms with Crippen molar-refractivity contribution in [2.24, 2.45) is 10.7 Å². The summed E-state index contributed by atoms with van der Waals surface area (Å²) in [6.45, 7) is 5.02. The maximum absolute atomic E-state index is 12.7. The second kappa shape index (κ2) is 8.96. The van der Waals surface area contributed by atoms with Gasteiger partial charge in [-0.3, -0.25) is 0 Å². The zero-order chi connectivity index (χ0) is 12.7. The van der Waals surface area contributed by atoms with Crippen LogP contribution in [0.3, 0.4) is 0 Å². The van der Waals surface area contributed by atoms with E-state index in [0.29, 0.717) is 18.3 Å². The average Bonchev–Trinajstić information content (AvgIpc) is 2.30. The fourth-order valence-corrected chi connectivity index (χ4v) is 1.25. The molecule has 102 valence electrons. The lowest BCUT2D eigenvalue weighted by Crippen LogP contribution is -2.32. The van der Waals surface area contributed by atoms with Crippen LogP contribution in [0.1, 0.15) is 13.8 Å². The third kappa shape index (κ3) is 6.63. The molecule has 1 atom stereocenters. The molecule has 6 heteroatoms. The zero-order valence-electron chi connectivity index (χ0n) is 10.5. The number of rotatable bonds is 5. The van der Waals surface area contributed by atoms with E-state index in [1.54, 1.807) is 12.1 Å². The van der Waals surface area contributed by atoms with Crippen molar-refractivity contribution in [3.05, 3.63) is 30.1 Å². The van der Waals surface area contributed by atoms with Crippen LogP contribution in [0.25, 0.3) is 0 Å². The molecule has 1 rings (SSSR count). The lowest BCUT2D eigenvalue weighted by molar-refractivity contribution is 0.230. The van der Waals surface area contributed by atoms with Crippen molar-refractivity contribution in [3.8, 4) is 5.75 Å². The maximum Gasteiger partial charge on any atom is 0.188 e. The molecule has 0 aliphatic rings. The third-order valence-electron chi connectivity index (χ3n) is 2.03. The molecule has 3 N–H and O–H groups in total. The molecule has 0 bridgehead atoms. The third-order valence-corrected chi connectivity index (χ3v) is 2.03. The van der Waals surface area contributed by atoms with E-state index in [1.165, 1.54) is 12.1 Å². The Labute approximate surface area is 124 Å². The van der Waals surface area contributed by atoms with E-state index in [1.807, 2.05) is 13.8 Å². The topological polar surface area (TPSA) is 59.6 Å². The minimum absolute atomic E-state index is 0. The van der Waals surface area contributed by atoms with Crippen molar-refractivity contribution in [2.75, 3.05) is 13.1 Å². The molecule has 0 saturated carbocycles. The molecule has 1 aromatic rings. The van der Waals surface area contributed by atoms with E-state index in [2.05, 4.69) is 10.3 Å². The number of aliphatic imine (C=N–C) groups is 1. The molecule has 0 saturated heterocycles. The highest BCUT2D eigenvalue weighted by Crippen LogP contribution is 2.12. The largest absolute Gasteiger partial charge is 0.489 e. The van der Waals surface area contributed by atoms with Crippen molar-refractivity contribution in [2.45, 2.75) is 20.0 Å². The Morgan fingerprint density at radius 3 is 2.61 bits per heavy atom. The first-order valence-electron chi connectivity index (χ1n) is 5.57. The number of hydrogen-bond donors (Lipinski definition) is 2. The number of benzene rings is 1. The molecule has 0 amide bonds. The predicted octanol–water partition coefficient (Wildman–Crippen LogP) is 2.14. The molecular weight excluding hydrogens is 348 g/mol. The van der Waals surface area contributed by atoms with Crippen molar-refractivity contribution in [1.29, 1.82) is 0 Å². The molecule has 18 heavy (non-hydrogen) atoms. The average molecular weight is 367 g/mol. The molecule has 0 heterocycles. The Morgan fingerprint density at radius 2 is 2.06 bits per heavy atom. The van der Waals surface area contributed by atoms with E-state index in [-0.39, 0.29) is 35.9 Å². The van der Waals surface area contributed by atoms with E-state index >= 15 is 0 Å². The van der Waals surface area contributed by atoms with Crippen LogP contribution in [0.5, 0.6) is 5.75 Å². The molecule has 0 fully saturated rings. The fourth-order valence-electron chi connectivity index (χ4n) is 1.25. The van der Waals surface area contributed by atoms with Crippen LogP contribution >= 0.6 is 24.0 Å². The quantitative estimate of drug-likeness (QED) is 0.476. The van der Waals surface area contributed by atoms with Crippen molar-refractivity contribution in [1.82, 2.24) is 5.32 Å². The van der Waals surface area contributed by atoms with Gasteiger partial charge in [-0.15, -0.1) is 24.0 Å². The van der Waals surface area contributed by atoms with Gasteiger partial charge in [0.15, 0.2) is 5.96 Å². The number of halogens is 2. The van der Waals surface area contributed by atoms with Gasteiger partial charge < -0.3 is 15.8 Å². The molecule has 4 nitrogen and oxygen atoms in total. The van der Waals surface area contributed by atoms with Gasteiger partial charge in [-0.1, -0.05) is 0 Å². The molecule has 0 spiro atoms. The van der Waals surface area contributed by atoms with Crippen LogP contribution in [-0.4, -0.2) is 25.2 Å². The summed E-state index contributed by atoms with van der Waals surface area (Å²) in [7, 11) is 0. The highest BCUT2D eigenvalue weighted by molar-refractivity contribution is 14.0. The van der Waals surface area contributed by atoms with E-state index in [0.717, 1.165) is 6.54 Å². The number of nitrogens with one attached hydrogen (secondary N) is 1. The van der Waals surface area contributed by atoms with Crippen LogP contribution in [0.4, 0.5) is 4.39 Å². The minimum atomic E-state index is -0.278. The van der Waals surface area contributed by atoms with Crippen molar-refractivity contribution in [3.63, 3.8) is 0 Å². The van der Waals surface area contributed by atoms with Crippen LogP contribution < -0.4 is 15.8 Å². The van der Waals surface area contributed by atoms with Gasteiger partial charge in [-0.05, 0) is 38.1 Å². The Morgan fingerprint density at radius 1 is 1.44 bits per heavy atom. The predicted molar refractivity (Wildman–Crippen MR) is 82.1 cm³/mol. The number of nitrogens with two attached hydrogens (primary N) is 1. The Bertz CT molecular complexity index is 370. The molecule has 0 radical (unpaired) electrons. The highest BCUT2D eigenvalue weighted by Gasteiger charge is 2.03. The summed E-state index contributed by atoms with van der Waals surface area (Å²) in [5.74, 6) is 0.748. The fraction of sp³-hybridized carbons (Fsp3) is 0.417. The first-order chi connectivity index (χ1) is 8.11. The summed E-state index contributed by atoms with van der Waals surface area (Å²) in [5.41, 5.74) is 5.58. The highest BCUT2D eigenvalue weighted by atomic mass is 127. The minimum Gasteiger partial charge on any atom is -0.489 e. The standard InChI is InChI=1S/C12H18FN3O.HI/c1-3-15-12(14)16-8-9(2)17-11-6-4-10(13)5-7-11;/h4-7,9H,3,8H2,1-2H3,(H3,14,15,16);1H. The zero-order valence-corrected chi connectivity index (χ0v) is 12.9. The summed E-state index contributed by atoms with van der Waals surface area (Å²) in [5, 5.41) is 2.89. The summed E-state index contributed by atoms with van der Waals surface area (Å²) in [4.78, 5) is 4.11. The lowest BCUT2D eigenvalue weighted by Gasteiger charge is -2.13. The lowest BCUT2D eigenvalue weighted by atomic mass is 10.3. The van der Waals surface area contributed by atoms with Crippen molar-refractivity contribution < 1.29 is 9.13 Å². The van der Waals surface area contributed by atoms with Crippen LogP contribution in [0, 0.1) is 5.82 Å². The smallest absolute Gasteiger partial charge is 0.188 e. The normalized spacial score (nSPS) is 12.5. The van der Waals surface area contributed by atoms with Gasteiger partial charge in [0.2, 0.25) is 0 Å². The Hall–Kier alpha value is -1.05. The SMILES string of the molecule is CCNC(N)=NCC(C)Oc1ccc(F)cc1.I. The van der Waals surface area contributed by atoms with Crippen LogP contribution in [-0.2, 0) is 0 Å². The summed E-state index contributed by atoms with van der Waals surface area (Å²) in [6.07, 6.45) is -0.113. The maximum atomic E-state index is 12.7. The molecule has 1 aromatic carbocycles. The molecule has 0 aliphatic heterocycles. The number of nitrogens with zero attached hydrogens (tertiary/aromatic N) is 1. The van der Waals surface area contributed by atoms with Crippen LogP contribution in [0.2, 0.25) is 0 Å². The van der Waals surface area contributed by atoms with Crippen molar-refractivity contribution >= 4 is 29.9 Å². The summed E-state index contributed by atoms with van der Waals surface area (Å²) < 4.78 is 18.2. The second-order valence-corrected chi connectivity index (χ2v) is 3.64. The molecule has 1 unspecified atom stereocenters. The van der Waals surface area contributed by atoms with Gasteiger partial charge in [0.05, 0.1) is 6.54 Å². The van der Waals surface area contributed by atoms with E-state index in [9.17, 15) is 4.39 Å². The Kier molecular flexibility index (Phi) is 8.43. The number of ether oxygens (including phenoxy) is 1. The molecular formula is C12H19FIN3O. The monoisotopic (exact) mass is 367 g/mol. The van der Waals surface area contributed by atoms with Gasteiger partial charge in [-0.2, -0.15) is 0 Å². The van der Waals surface area contributed by atoms with E-state index in [4.69, 9.17) is 10.5 Å². The van der Waals surface area contributed by atoms with Gasteiger partial charge in [0.25, 0.3) is 0 Å². The molecule has 0 aliphatic carbocycles. The van der Waals surface area contributed by atoms with Gasteiger partial charge in [-0.25, -0.2) is 9.38 Å². The van der Waals surface area contributed by atoms with Gasteiger partial charge in [0.1, 0.15) is 17.7 Å². The molecule has 0 aromatic heterocycles. The first kappa shape index (κ1) is 16.9. The second-order valence-electron chi connectivity index (χ2n) is 3.64. The van der Waals surface area contributed by atoms with Crippen LogP contribution in [0.15, 0.2) is 29.3 Å². The van der Waals surface area contributed by atoms with Gasteiger partial charge >= 0.3 is 0 Å². The summed E-state index contributed by atoms with van der Waals surface area (Å²) >= 11 is 0. The van der Waals surface area contributed by atoms with E-state index < -0.39 is 0 Å². The number of guanidine groups is 1. The van der Waals surface area contributed by atoms with Gasteiger partial charge in [0, 0.05) is 6.54 Å². The number of hydrogen-bond acceptors (Lipinski definition) is 2.